The fourth-order valence-corrected chi connectivity index (χ4v) is 3.76. The third kappa shape index (κ3) is 4.61. The minimum Gasteiger partial charge on any atom is -0.497 e. The van der Waals surface area contributed by atoms with Gasteiger partial charge in [-0.1, -0.05) is 36.4 Å². The van der Waals surface area contributed by atoms with E-state index in [1.54, 1.807) is 14.2 Å². The molecule has 5 heteroatoms. The smallest absolute Gasteiger partial charge is 0.234 e. The molecule has 1 saturated heterocycles. The fourth-order valence-electron chi connectivity index (χ4n) is 3.76. The zero-order chi connectivity index (χ0) is 19.2. The van der Waals surface area contributed by atoms with E-state index in [-0.39, 0.29) is 18.0 Å². The van der Waals surface area contributed by atoms with Crippen molar-refractivity contribution in [3.8, 4) is 11.5 Å². The van der Waals surface area contributed by atoms with Crippen molar-refractivity contribution >= 4 is 5.91 Å². The van der Waals surface area contributed by atoms with Crippen molar-refractivity contribution in [2.45, 2.75) is 31.8 Å². The van der Waals surface area contributed by atoms with Crippen LogP contribution in [0.25, 0.3) is 0 Å². The summed E-state index contributed by atoms with van der Waals surface area (Å²) in [7, 11) is 3.32. The van der Waals surface area contributed by atoms with E-state index in [9.17, 15) is 4.79 Å². The lowest BCUT2D eigenvalue weighted by atomic mass is 10.0. The first kappa shape index (κ1) is 19.2. The van der Waals surface area contributed by atoms with E-state index in [0.717, 1.165) is 42.0 Å². The van der Waals surface area contributed by atoms with Gasteiger partial charge in [0.15, 0.2) is 0 Å². The van der Waals surface area contributed by atoms with Crippen LogP contribution in [0.5, 0.6) is 11.5 Å². The Morgan fingerprint density at radius 3 is 2.67 bits per heavy atom. The van der Waals surface area contributed by atoms with Gasteiger partial charge in [-0.05, 0) is 37.9 Å². The highest BCUT2D eigenvalue weighted by Gasteiger charge is 2.30. The first-order valence-electron chi connectivity index (χ1n) is 9.42. The molecular weight excluding hydrogens is 340 g/mol. The Kier molecular flexibility index (Phi) is 6.35. The van der Waals surface area contributed by atoms with Crippen LogP contribution in [0.1, 0.15) is 43.0 Å². The Morgan fingerprint density at radius 2 is 1.96 bits per heavy atom. The second-order valence-corrected chi connectivity index (χ2v) is 6.94. The van der Waals surface area contributed by atoms with Crippen molar-refractivity contribution in [2.24, 2.45) is 0 Å². The average molecular weight is 368 g/mol. The molecule has 2 aromatic carbocycles. The van der Waals surface area contributed by atoms with Crippen LogP contribution in [0.4, 0.5) is 0 Å². The van der Waals surface area contributed by atoms with Gasteiger partial charge in [0.05, 0.1) is 26.8 Å². The van der Waals surface area contributed by atoms with Gasteiger partial charge in [0, 0.05) is 17.7 Å². The SMILES string of the molecule is COc1ccc([C@@H]2CCCN2CC(=O)N[C@H](C)c2ccccc2)c(OC)c1. The maximum atomic E-state index is 12.6. The van der Waals surface area contributed by atoms with Crippen molar-refractivity contribution in [3.05, 3.63) is 59.7 Å². The van der Waals surface area contributed by atoms with Gasteiger partial charge in [-0.2, -0.15) is 0 Å². The molecule has 0 bridgehead atoms. The van der Waals surface area contributed by atoms with Crippen LogP contribution in [0.2, 0.25) is 0 Å². The molecule has 2 atom stereocenters. The molecule has 3 rings (SSSR count). The molecule has 1 aliphatic rings. The first-order chi connectivity index (χ1) is 13.1. The summed E-state index contributed by atoms with van der Waals surface area (Å²) in [6.45, 7) is 3.31. The fraction of sp³-hybridized carbons (Fsp3) is 0.409. The summed E-state index contributed by atoms with van der Waals surface area (Å²) >= 11 is 0. The lowest BCUT2D eigenvalue weighted by Crippen LogP contribution is -2.38. The monoisotopic (exact) mass is 368 g/mol. The third-order valence-corrected chi connectivity index (χ3v) is 5.19. The number of hydrogen-bond donors (Lipinski definition) is 1. The largest absolute Gasteiger partial charge is 0.497 e. The van der Waals surface area contributed by atoms with Crippen molar-refractivity contribution in [2.75, 3.05) is 27.3 Å². The van der Waals surface area contributed by atoms with Crippen LogP contribution in [-0.4, -0.2) is 38.1 Å². The number of nitrogens with zero attached hydrogens (tertiary/aromatic N) is 1. The minimum absolute atomic E-state index is 0.00437. The lowest BCUT2D eigenvalue weighted by Gasteiger charge is -2.26. The summed E-state index contributed by atoms with van der Waals surface area (Å²) in [6.07, 6.45) is 2.09. The quantitative estimate of drug-likeness (QED) is 0.809. The van der Waals surface area contributed by atoms with Crippen molar-refractivity contribution < 1.29 is 14.3 Å². The summed E-state index contributed by atoms with van der Waals surface area (Å²) in [5.41, 5.74) is 2.22. The van der Waals surface area contributed by atoms with Crippen LogP contribution in [-0.2, 0) is 4.79 Å². The molecule has 0 spiro atoms. The molecule has 5 nitrogen and oxygen atoms in total. The van der Waals surface area contributed by atoms with E-state index in [1.165, 1.54) is 0 Å². The van der Waals surface area contributed by atoms with E-state index in [2.05, 4.69) is 10.2 Å². The van der Waals surface area contributed by atoms with Crippen LogP contribution in [0.3, 0.4) is 0 Å². The van der Waals surface area contributed by atoms with Gasteiger partial charge in [-0.3, -0.25) is 9.69 Å². The van der Waals surface area contributed by atoms with E-state index < -0.39 is 0 Å². The van der Waals surface area contributed by atoms with E-state index in [0.29, 0.717) is 6.54 Å². The van der Waals surface area contributed by atoms with Gasteiger partial charge in [0.2, 0.25) is 5.91 Å². The maximum Gasteiger partial charge on any atom is 0.234 e. The predicted molar refractivity (Wildman–Crippen MR) is 106 cm³/mol. The molecule has 1 amide bonds. The predicted octanol–water partition coefficient (Wildman–Crippen LogP) is 3.72. The Hall–Kier alpha value is -2.53. The average Bonchev–Trinajstić information content (AvgIpc) is 3.15. The van der Waals surface area contributed by atoms with E-state index >= 15 is 0 Å². The Morgan fingerprint density at radius 1 is 1.19 bits per heavy atom. The van der Waals surface area contributed by atoms with Gasteiger partial charge in [0.25, 0.3) is 0 Å². The molecule has 1 N–H and O–H groups in total. The number of methoxy groups -OCH3 is 2. The zero-order valence-corrected chi connectivity index (χ0v) is 16.3. The lowest BCUT2D eigenvalue weighted by molar-refractivity contribution is -0.123. The molecule has 27 heavy (non-hydrogen) atoms. The number of carbonyl (C=O) groups excluding carboxylic acids is 1. The molecular formula is C22H28N2O3. The minimum atomic E-state index is -0.00437. The zero-order valence-electron chi connectivity index (χ0n) is 16.3. The molecule has 0 aliphatic carbocycles. The summed E-state index contributed by atoms with van der Waals surface area (Å²) in [5, 5.41) is 3.11. The Balaban J connectivity index is 1.67. The van der Waals surface area contributed by atoms with Crippen molar-refractivity contribution in [3.63, 3.8) is 0 Å². The molecule has 1 aliphatic heterocycles. The summed E-state index contributed by atoms with van der Waals surface area (Å²) in [6, 6.07) is 16.1. The molecule has 1 heterocycles. The highest BCUT2D eigenvalue weighted by atomic mass is 16.5. The molecule has 0 saturated carbocycles. The summed E-state index contributed by atoms with van der Waals surface area (Å²) in [4.78, 5) is 14.8. The van der Waals surface area contributed by atoms with Crippen molar-refractivity contribution in [1.82, 2.24) is 10.2 Å². The number of hydrogen-bond acceptors (Lipinski definition) is 4. The highest BCUT2D eigenvalue weighted by molar-refractivity contribution is 5.78. The Bertz CT molecular complexity index is 763. The molecule has 2 aromatic rings. The number of amides is 1. The van der Waals surface area contributed by atoms with Crippen LogP contribution >= 0.6 is 0 Å². The number of rotatable bonds is 7. The second kappa shape index (κ2) is 8.91. The molecule has 0 radical (unpaired) electrons. The van der Waals surface area contributed by atoms with Crippen molar-refractivity contribution in [1.29, 1.82) is 0 Å². The molecule has 1 fully saturated rings. The number of ether oxygens (including phenoxy) is 2. The topological polar surface area (TPSA) is 50.8 Å². The number of benzene rings is 2. The number of carbonyl (C=O) groups is 1. The maximum absolute atomic E-state index is 12.6. The summed E-state index contributed by atoms with van der Waals surface area (Å²) < 4.78 is 10.9. The molecule has 144 valence electrons. The highest BCUT2D eigenvalue weighted by Crippen LogP contribution is 2.38. The third-order valence-electron chi connectivity index (χ3n) is 5.19. The van der Waals surface area contributed by atoms with Crippen LogP contribution < -0.4 is 14.8 Å². The second-order valence-electron chi connectivity index (χ2n) is 6.94. The van der Waals surface area contributed by atoms with Gasteiger partial charge < -0.3 is 14.8 Å². The van der Waals surface area contributed by atoms with Gasteiger partial charge >= 0.3 is 0 Å². The molecule has 0 aromatic heterocycles. The van der Waals surface area contributed by atoms with Gasteiger partial charge in [-0.15, -0.1) is 0 Å². The van der Waals surface area contributed by atoms with Crippen LogP contribution in [0.15, 0.2) is 48.5 Å². The van der Waals surface area contributed by atoms with E-state index in [4.69, 9.17) is 9.47 Å². The standard InChI is InChI=1S/C22H28N2O3/c1-16(17-8-5-4-6-9-17)23-22(25)15-24-13-7-10-20(24)19-12-11-18(26-2)14-21(19)27-3/h4-6,8-9,11-12,14,16,20H,7,10,13,15H2,1-3H3,(H,23,25)/t16-,20+/m1/s1. The molecule has 0 unspecified atom stereocenters. The summed E-state index contributed by atoms with van der Waals surface area (Å²) in [5.74, 6) is 1.63. The van der Waals surface area contributed by atoms with Gasteiger partial charge in [0.1, 0.15) is 11.5 Å². The first-order valence-corrected chi connectivity index (χ1v) is 9.42. The normalized spacial score (nSPS) is 18.1. The van der Waals surface area contributed by atoms with Gasteiger partial charge in [-0.25, -0.2) is 0 Å². The number of nitrogens with one attached hydrogen (secondary N) is 1. The van der Waals surface area contributed by atoms with Crippen LogP contribution in [0, 0.1) is 0 Å². The Labute approximate surface area is 161 Å². The van der Waals surface area contributed by atoms with E-state index in [1.807, 2.05) is 55.5 Å². The number of likely N-dealkylation sites (tertiary alicyclic amines) is 1.